The lowest BCUT2D eigenvalue weighted by molar-refractivity contribution is 0.113. The molecule has 2 rings (SSSR count). The van der Waals surface area contributed by atoms with Gasteiger partial charge in [0, 0.05) is 12.8 Å². The summed E-state index contributed by atoms with van der Waals surface area (Å²) in [7, 11) is -3.18. The summed E-state index contributed by atoms with van der Waals surface area (Å²) in [6.07, 6.45) is 4.15. The van der Waals surface area contributed by atoms with Crippen molar-refractivity contribution in [2.75, 3.05) is 25.9 Å². The van der Waals surface area contributed by atoms with E-state index in [1.165, 1.54) is 12.7 Å². The van der Waals surface area contributed by atoms with Crippen LogP contribution in [0.2, 0.25) is 0 Å². The molecule has 1 unspecified atom stereocenters. The monoisotopic (exact) mass is 325 g/mol. The van der Waals surface area contributed by atoms with Gasteiger partial charge in [-0.3, -0.25) is 0 Å². The molecular weight excluding hydrogens is 298 g/mol. The highest BCUT2D eigenvalue weighted by molar-refractivity contribution is 7.90. The SMILES string of the molecule is CC1(C)CCCN(CC(O)c2ccc(S(C)(=O)=O)cc2)CC1. The van der Waals surface area contributed by atoms with Gasteiger partial charge in [0.1, 0.15) is 0 Å². The molecule has 0 radical (unpaired) electrons. The Labute approximate surface area is 134 Å². The van der Waals surface area contributed by atoms with Crippen molar-refractivity contribution in [1.29, 1.82) is 0 Å². The second kappa shape index (κ2) is 6.69. The maximum Gasteiger partial charge on any atom is 0.175 e. The van der Waals surface area contributed by atoms with Gasteiger partial charge in [-0.25, -0.2) is 8.42 Å². The minimum atomic E-state index is -3.18. The van der Waals surface area contributed by atoms with Crippen LogP contribution >= 0.6 is 0 Å². The molecule has 1 N–H and O–H groups in total. The van der Waals surface area contributed by atoms with E-state index in [1.807, 2.05) is 0 Å². The normalized spacial score (nSPS) is 21.3. The van der Waals surface area contributed by atoms with Crippen molar-refractivity contribution >= 4 is 9.84 Å². The van der Waals surface area contributed by atoms with Crippen LogP contribution in [-0.2, 0) is 9.84 Å². The molecule has 1 aliphatic heterocycles. The lowest BCUT2D eigenvalue weighted by Crippen LogP contribution is -2.30. The zero-order chi connectivity index (χ0) is 16.4. The Balaban J connectivity index is 1.98. The maximum absolute atomic E-state index is 11.5. The van der Waals surface area contributed by atoms with Crippen LogP contribution in [0.5, 0.6) is 0 Å². The van der Waals surface area contributed by atoms with E-state index < -0.39 is 15.9 Å². The molecule has 4 nitrogen and oxygen atoms in total. The third-order valence-corrected chi connectivity index (χ3v) is 5.69. The van der Waals surface area contributed by atoms with Crippen LogP contribution in [0.25, 0.3) is 0 Å². The van der Waals surface area contributed by atoms with Gasteiger partial charge in [-0.15, -0.1) is 0 Å². The number of hydrogen-bond acceptors (Lipinski definition) is 4. The van der Waals surface area contributed by atoms with Crippen LogP contribution in [-0.4, -0.2) is 44.3 Å². The van der Waals surface area contributed by atoms with Crippen LogP contribution in [0.1, 0.15) is 44.8 Å². The fraction of sp³-hybridized carbons (Fsp3) is 0.647. The number of nitrogens with zero attached hydrogens (tertiary/aromatic N) is 1. The van der Waals surface area contributed by atoms with Gasteiger partial charge < -0.3 is 10.0 Å². The van der Waals surface area contributed by atoms with Crippen LogP contribution in [0.4, 0.5) is 0 Å². The minimum Gasteiger partial charge on any atom is -0.387 e. The maximum atomic E-state index is 11.5. The van der Waals surface area contributed by atoms with Crippen molar-refractivity contribution in [3.63, 3.8) is 0 Å². The highest BCUT2D eigenvalue weighted by Crippen LogP contribution is 2.30. The molecule has 0 spiro atoms. The first-order valence-corrected chi connectivity index (χ1v) is 9.77. The van der Waals surface area contributed by atoms with Crippen molar-refractivity contribution < 1.29 is 13.5 Å². The molecule has 5 heteroatoms. The fourth-order valence-corrected chi connectivity index (χ4v) is 3.58. The first-order valence-electron chi connectivity index (χ1n) is 7.88. The average molecular weight is 325 g/mol. The number of likely N-dealkylation sites (tertiary alicyclic amines) is 1. The number of benzene rings is 1. The Kier molecular flexibility index (Phi) is 5.30. The van der Waals surface area contributed by atoms with E-state index in [4.69, 9.17) is 0 Å². The van der Waals surface area contributed by atoms with Crippen LogP contribution < -0.4 is 0 Å². The lowest BCUT2D eigenvalue weighted by atomic mass is 9.85. The molecule has 0 aliphatic carbocycles. The number of aliphatic hydroxyl groups is 1. The van der Waals surface area contributed by atoms with Gasteiger partial charge in [0.05, 0.1) is 11.0 Å². The van der Waals surface area contributed by atoms with Crippen LogP contribution in [0.3, 0.4) is 0 Å². The Hall–Kier alpha value is -0.910. The Bertz CT molecular complexity index is 593. The van der Waals surface area contributed by atoms with E-state index in [-0.39, 0.29) is 0 Å². The van der Waals surface area contributed by atoms with E-state index in [0.717, 1.165) is 31.5 Å². The van der Waals surface area contributed by atoms with Gasteiger partial charge in [-0.05, 0) is 55.5 Å². The molecule has 1 saturated heterocycles. The molecule has 0 bridgehead atoms. The smallest absolute Gasteiger partial charge is 0.175 e. The predicted molar refractivity (Wildman–Crippen MR) is 88.6 cm³/mol. The van der Waals surface area contributed by atoms with Crippen molar-refractivity contribution in [3.8, 4) is 0 Å². The number of sulfone groups is 1. The number of β-amino-alcohol motifs (C(OH)–C–C–N with tert-alkyl or cyclic N) is 1. The summed E-state index contributed by atoms with van der Waals surface area (Å²) in [5, 5.41) is 10.4. The molecule has 0 aromatic heterocycles. The number of rotatable bonds is 4. The van der Waals surface area contributed by atoms with Crippen molar-refractivity contribution in [2.45, 2.75) is 44.1 Å². The van der Waals surface area contributed by atoms with Gasteiger partial charge in [0.15, 0.2) is 9.84 Å². The topological polar surface area (TPSA) is 57.6 Å². The second-order valence-corrected chi connectivity index (χ2v) is 9.19. The molecule has 1 aromatic rings. The van der Waals surface area contributed by atoms with Crippen LogP contribution in [0, 0.1) is 5.41 Å². The highest BCUT2D eigenvalue weighted by atomic mass is 32.2. The molecule has 1 aliphatic rings. The first-order chi connectivity index (χ1) is 10.2. The highest BCUT2D eigenvalue weighted by Gasteiger charge is 2.24. The predicted octanol–water partition coefficient (Wildman–Crippen LogP) is 2.64. The lowest BCUT2D eigenvalue weighted by Gasteiger charge is -2.25. The van der Waals surface area contributed by atoms with Crippen molar-refractivity contribution in [2.24, 2.45) is 5.41 Å². The quantitative estimate of drug-likeness (QED) is 0.924. The molecular formula is C17H27NO3S. The third kappa shape index (κ3) is 4.80. The molecule has 1 atom stereocenters. The standard InChI is InChI=1S/C17H27NO3S/c1-17(2)9-4-11-18(12-10-17)13-16(19)14-5-7-15(8-6-14)22(3,20)21/h5-8,16,19H,4,9-13H2,1-3H3. The fourth-order valence-electron chi connectivity index (χ4n) is 2.95. The molecule has 22 heavy (non-hydrogen) atoms. The number of aliphatic hydroxyl groups excluding tert-OH is 1. The molecule has 124 valence electrons. The van der Waals surface area contributed by atoms with E-state index in [2.05, 4.69) is 18.7 Å². The van der Waals surface area contributed by atoms with E-state index in [9.17, 15) is 13.5 Å². The van der Waals surface area contributed by atoms with Crippen molar-refractivity contribution in [1.82, 2.24) is 4.90 Å². The van der Waals surface area contributed by atoms with Crippen LogP contribution in [0.15, 0.2) is 29.2 Å². The van der Waals surface area contributed by atoms with E-state index >= 15 is 0 Å². The Morgan fingerprint density at radius 1 is 1.18 bits per heavy atom. The molecule has 1 fully saturated rings. The van der Waals surface area contributed by atoms with E-state index in [0.29, 0.717) is 16.9 Å². The van der Waals surface area contributed by atoms with Gasteiger partial charge in [-0.1, -0.05) is 26.0 Å². The Morgan fingerprint density at radius 3 is 2.41 bits per heavy atom. The molecule has 0 saturated carbocycles. The summed E-state index contributed by atoms with van der Waals surface area (Å²) >= 11 is 0. The molecule has 1 heterocycles. The third-order valence-electron chi connectivity index (χ3n) is 4.56. The van der Waals surface area contributed by atoms with Crippen molar-refractivity contribution in [3.05, 3.63) is 29.8 Å². The summed E-state index contributed by atoms with van der Waals surface area (Å²) < 4.78 is 22.9. The zero-order valence-electron chi connectivity index (χ0n) is 13.7. The number of hydrogen-bond donors (Lipinski definition) is 1. The molecule has 0 amide bonds. The van der Waals surface area contributed by atoms with Gasteiger partial charge in [0.2, 0.25) is 0 Å². The Morgan fingerprint density at radius 2 is 1.82 bits per heavy atom. The largest absolute Gasteiger partial charge is 0.387 e. The summed E-state index contributed by atoms with van der Waals surface area (Å²) in [5.74, 6) is 0. The van der Waals surface area contributed by atoms with Gasteiger partial charge in [0.25, 0.3) is 0 Å². The second-order valence-electron chi connectivity index (χ2n) is 7.18. The van der Waals surface area contributed by atoms with Gasteiger partial charge in [-0.2, -0.15) is 0 Å². The van der Waals surface area contributed by atoms with E-state index in [1.54, 1.807) is 24.3 Å². The summed E-state index contributed by atoms with van der Waals surface area (Å²) in [6.45, 7) is 7.23. The zero-order valence-corrected chi connectivity index (χ0v) is 14.6. The first kappa shape index (κ1) is 17.4. The summed E-state index contributed by atoms with van der Waals surface area (Å²) in [6, 6.07) is 6.56. The minimum absolute atomic E-state index is 0.292. The average Bonchev–Trinajstić information content (AvgIpc) is 2.59. The molecule has 1 aromatic carbocycles. The van der Waals surface area contributed by atoms with Gasteiger partial charge >= 0.3 is 0 Å². The summed E-state index contributed by atoms with van der Waals surface area (Å²) in [5.41, 5.74) is 1.16. The summed E-state index contributed by atoms with van der Waals surface area (Å²) in [4.78, 5) is 2.60.